The van der Waals surface area contributed by atoms with Crippen LogP contribution in [0.25, 0.3) is 0 Å². The van der Waals surface area contributed by atoms with E-state index in [-0.39, 0.29) is 6.10 Å². The zero-order valence-electron chi connectivity index (χ0n) is 12.3. The summed E-state index contributed by atoms with van der Waals surface area (Å²) >= 11 is 6.19. The van der Waals surface area contributed by atoms with Gasteiger partial charge in [0.25, 0.3) is 0 Å². The molecule has 0 amide bonds. The van der Waals surface area contributed by atoms with Crippen molar-refractivity contribution in [1.82, 2.24) is 5.32 Å². The van der Waals surface area contributed by atoms with E-state index in [9.17, 15) is 0 Å². The number of nitrogens with one attached hydrogen (secondary N) is 1. The third kappa shape index (κ3) is 4.12. The molecule has 1 unspecified atom stereocenters. The maximum Gasteiger partial charge on any atom is 0.120 e. The highest BCUT2D eigenvalue weighted by atomic mass is 35.5. The van der Waals surface area contributed by atoms with Crippen LogP contribution in [0.15, 0.2) is 12.1 Å². The molecule has 0 aliphatic heterocycles. The lowest BCUT2D eigenvalue weighted by atomic mass is 10.1. The molecule has 19 heavy (non-hydrogen) atoms. The predicted octanol–water partition coefficient (Wildman–Crippen LogP) is 4.11. The lowest BCUT2D eigenvalue weighted by Crippen LogP contribution is -2.36. The van der Waals surface area contributed by atoms with E-state index in [2.05, 4.69) is 19.2 Å². The average Bonchev–Trinajstić information content (AvgIpc) is 3.14. The molecule has 2 nitrogen and oxygen atoms in total. The van der Waals surface area contributed by atoms with Crippen LogP contribution in [0.4, 0.5) is 0 Å². The fraction of sp³-hybridized carbons (Fsp3) is 0.625. The Kier molecular flexibility index (Phi) is 4.75. The largest absolute Gasteiger partial charge is 0.489 e. The van der Waals surface area contributed by atoms with E-state index >= 15 is 0 Å². The molecule has 1 aromatic rings. The van der Waals surface area contributed by atoms with Crippen molar-refractivity contribution in [1.29, 1.82) is 0 Å². The predicted molar refractivity (Wildman–Crippen MR) is 81.2 cm³/mol. The number of rotatable bonds is 6. The first-order chi connectivity index (χ1) is 8.97. The van der Waals surface area contributed by atoms with Crippen LogP contribution in [0, 0.1) is 19.8 Å². The van der Waals surface area contributed by atoms with Crippen molar-refractivity contribution in [2.75, 3.05) is 6.54 Å². The van der Waals surface area contributed by atoms with Crippen LogP contribution in [-0.4, -0.2) is 18.7 Å². The van der Waals surface area contributed by atoms with E-state index < -0.39 is 0 Å². The van der Waals surface area contributed by atoms with E-state index in [0.717, 1.165) is 34.5 Å². The zero-order valence-corrected chi connectivity index (χ0v) is 13.1. The van der Waals surface area contributed by atoms with Crippen molar-refractivity contribution < 1.29 is 4.74 Å². The van der Waals surface area contributed by atoms with Crippen LogP contribution in [0.1, 0.15) is 37.8 Å². The van der Waals surface area contributed by atoms with Crippen LogP contribution in [0.2, 0.25) is 5.02 Å². The monoisotopic (exact) mass is 281 g/mol. The first-order valence-corrected chi connectivity index (χ1v) is 7.52. The van der Waals surface area contributed by atoms with Crippen LogP contribution >= 0.6 is 11.6 Å². The van der Waals surface area contributed by atoms with Crippen molar-refractivity contribution in [3.05, 3.63) is 28.3 Å². The molecule has 0 saturated heterocycles. The Labute approximate surface area is 121 Å². The highest BCUT2D eigenvalue weighted by Gasteiger charge is 2.24. The van der Waals surface area contributed by atoms with Gasteiger partial charge in [-0.2, -0.15) is 0 Å². The van der Waals surface area contributed by atoms with Gasteiger partial charge in [-0.3, -0.25) is 0 Å². The fourth-order valence-electron chi connectivity index (χ4n) is 2.13. The molecule has 1 atom stereocenters. The van der Waals surface area contributed by atoms with Gasteiger partial charge in [0.2, 0.25) is 0 Å². The molecule has 3 heteroatoms. The van der Waals surface area contributed by atoms with E-state index in [0.29, 0.717) is 5.92 Å². The summed E-state index contributed by atoms with van der Waals surface area (Å²) in [4.78, 5) is 0. The molecule has 0 heterocycles. The van der Waals surface area contributed by atoms with E-state index in [1.807, 2.05) is 26.0 Å². The maximum absolute atomic E-state index is 6.19. The second-order valence-electron chi connectivity index (χ2n) is 5.95. The van der Waals surface area contributed by atoms with E-state index in [1.54, 1.807) is 0 Å². The Morgan fingerprint density at radius 3 is 2.32 bits per heavy atom. The second kappa shape index (κ2) is 6.15. The topological polar surface area (TPSA) is 21.3 Å². The lowest BCUT2D eigenvalue weighted by Gasteiger charge is -2.24. The third-order valence-corrected chi connectivity index (χ3v) is 4.22. The first-order valence-electron chi connectivity index (χ1n) is 7.14. The average molecular weight is 282 g/mol. The highest BCUT2D eigenvalue weighted by molar-refractivity contribution is 6.32. The highest BCUT2D eigenvalue weighted by Crippen LogP contribution is 2.27. The Balaban J connectivity index is 2.02. The summed E-state index contributed by atoms with van der Waals surface area (Å²) < 4.78 is 6.15. The van der Waals surface area contributed by atoms with Gasteiger partial charge in [0.05, 0.1) is 0 Å². The summed E-state index contributed by atoms with van der Waals surface area (Å²) in [5.74, 6) is 1.42. The molecular formula is C16H24ClNO. The molecular weight excluding hydrogens is 258 g/mol. The van der Waals surface area contributed by atoms with E-state index in [1.165, 1.54) is 12.8 Å². The number of aryl methyl sites for hydroxylation is 2. The molecule has 1 fully saturated rings. The number of hydrogen-bond acceptors (Lipinski definition) is 2. The van der Waals surface area contributed by atoms with Crippen LogP contribution in [0.5, 0.6) is 5.75 Å². The molecule has 1 aromatic carbocycles. The van der Waals surface area contributed by atoms with Gasteiger partial charge in [0, 0.05) is 17.6 Å². The van der Waals surface area contributed by atoms with Gasteiger partial charge >= 0.3 is 0 Å². The third-order valence-electron chi connectivity index (χ3n) is 3.63. The SMILES string of the molecule is Cc1cc(OC(CNC2CC2)C(C)C)cc(C)c1Cl. The molecule has 2 rings (SSSR count). The quantitative estimate of drug-likeness (QED) is 0.847. The minimum atomic E-state index is 0.209. The standard InChI is InChI=1S/C16H24ClNO/c1-10(2)15(9-18-13-5-6-13)19-14-7-11(3)16(17)12(4)8-14/h7-8,10,13,15,18H,5-6,9H2,1-4H3. The fourth-order valence-corrected chi connectivity index (χ4v) is 2.24. The van der Waals surface area contributed by atoms with Crippen molar-refractivity contribution >= 4 is 11.6 Å². The molecule has 106 valence electrons. The Bertz CT molecular complexity index is 417. The van der Waals surface area contributed by atoms with Gasteiger partial charge in [-0.25, -0.2) is 0 Å². The smallest absolute Gasteiger partial charge is 0.120 e. The Morgan fingerprint density at radius 1 is 1.26 bits per heavy atom. The summed E-state index contributed by atoms with van der Waals surface area (Å²) in [6, 6.07) is 4.78. The van der Waals surface area contributed by atoms with Gasteiger partial charge in [-0.15, -0.1) is 0 Å². The van der Waals surface area contributed by atoms with Crippen molar-refractivity contribution in [3.8, 4) is 5.75 Å². The Morgan fingerprint density at radius 2 is 1.84 bits per heavy atom. The van der Waals surface area contributed by atoms with Crippen molar-refractivity contribution in [2.45, 2.75) is 52.7 Å². The lowest BCUT2D eigenvalue weighted by molar-refractivity contribution is 0.148. The van der Waals surface area contributed by atoms with Gasteiger partial charge < -0.3 is 10.1 Å². The van der Waals surface area contributed by atoms with E-state index in [4.69, 9.17) is 16.3 Å². The molecule has 0 spiro atoms. The minimum Gasteiger partial charge on any atom is -0.489 e. The van der Waals surface area contributed by atoms with Gasteiger partial charge in [0.1, 0.15) is 11.9 Å². The molecule has 0 radical (unpaired) electrons. The summed E-state index contributed by atoms with van der Waals surface area (Å²) in [5, 5.41) is 4.39. The molecule has 1 aliphatic rings. The number of hydrogen-bond donors (Lipinski definition) is 1. The number of ether oxygens (including phenoxy) is 1. The molecule has 0 aromatic heterocycles. The van der Waals surface area contributed by atoms with Crippen LogP contribution < -0.4 is 10.1 Å². The number of benzene rings is 1. The Hall–Kier alpha value is -0.730. The summed E-state index contributed by atoms with van der Waals surface area (Å²) in [5.41, 5.74) is 2.16. The molecule has 0 bridgehead atoms. The van der Waals surface area contributed by atoms with Gasteiger partial charge in [-0.1, -0.05) is 25.4 Å². The van der Waals surface area contributed by atoms with Crippen molar-refractivity contribution in [2.24, 2.45) is 5.92 Å². The summed E-state index contributed by atoms with van der Waals surface area (Å²) in [6.07, 6.45) is 2.83. The van der Waals surface area contributed by atoms with Gasteiger partial charge in [0.15, 0.2) is 0 Å². The normalized spacial score (nSPS) is 16.7. The maximum atomic E-state index is 6.19. The van der Waals surface area contributed by atoms with Gasteiger partial charge in [-0.05, 0) is 55.9 Å². The molecule has 1 saturated carbocycles. The number of halogens is 1. The van der Waals surface area contributed by atoms with Crippen molar-refractivity contribution in [3.63, 3.8) is 0 Å². The second-order valence-corrected chi connectivity index (χ2v) is 6.33. The molecule has 1 N–H and O–H groups in total. The minimum absolute atomic E-state index is 0.209. The summed E-state index contributed by atoms with van der Waals surface area (Å²) in [7, 11) is 0. The first kappa shape index (κ1) is 14.7. The van der Waals surface area contributed by atoms with Crippen LogP contribution in [0.3, 0.4) is 0 Å². The zero-order chi connectivity index (χ0) is 14.0. The summed E-state index contributed by atoms with van der Waals surface area (Å²) in [6.45, 7) is 9.37. The molecule has 1 aliphatic carbocycles. The van der Waals surface area contributed by atoms with Crippen LogP contribution in [-0.2, 0) is 0 Å².